The fourth-order valence-corrected chi connectivity index (χ4v) is 2.81. The molecule has 29 heavy (non-hydrogen) atoms. The van der Waals surface area contributed by atoms with Gasteiger partial charge >= 0.3 is 5.97 Å². The molecule has 7 nitrogen and oxygen atoms in total. The number of carbonyl (C=O) groups is 2. The number of esters is 1. The molecule has 0 fully saturated rings. The molecule has 0 radical (unpaired) electrons. The molecule has 0 saturated heterocycles. The molecule has 0 spiro atoms. The molecule has 0 unspecified atom stereocenters. The van der Waals surface area contributed by atoms with Crippen LogP contribution in [-0.4, -0.2) is 35.4 Å². The molecule has 3 aromatic rings. The highest BCUT2D eigenvalue weighted by Crippen LogP contribution is 2.20. The summed E-state index contributed by atoms with van der Waals surface area (Å²) in [5, 5.41) is 7.60. The van der Waals surface area contributed by atoms with E-state index >= 15 is 0 Å². The summed E-state index contributed by atoms with van der Waals surface area (Å²) >= 11 is 5.87. The minimum Gasteiger partial charge on any atom is -0.493 e. The number of nitrogens with zero attached hydrogens (tertiary/aromatic N) is 2. The summed E-state index contributed by atoms with van der Waals surface area (Å²) in [4.78, 5) is 24.5. The number of hydrogen-bond acceptors (Lipinski definition) is 5. The fourth-order valence-electron chi connectivity index (χ4n) is 2.68. The van der Waals surface area contributed by atoms with Crippen molar-refractivity contribution in [3.63, 3.8) is 0 Å². The first-order valence-electron chi connectivity index (χ1n) is 8.89. The Bertz CT molecular complexity index is 987. The highest BCUT2D eigenvalue weighted by atomic mass is 35.5. The van der Waals surface area contributed by atoms with Crippen molar-refractivity contribution >= 4 is 23.5 Å². The van der Waals surface area contributed by atoms with Gasteiger partial charge in [-0.25, -0.2) is 9.48 Å². The van der Waals surface area contributed by atoms with Gasteiger partial charge in [0.1, 0.15) is 0 Å². The Morgan fingerprint density at radius 2 is 1.83 bits per heavy atom. The van der Waals surface area contributed by atoms with Gasteiger partial charge in [0.2, 0.25) is 5.69 Å². The summed E-state index contributed by atoms with van der Waals surface area (Å²) in [6, 6.07) is 16.1. The Hall–Kier alpha value is -3.32. The highest BCUT2D eigenvalue weighted by molar-refractivity contribution is 6.30. The molecule has 150 valence electrons. The zero-order chi connectivity index (χ0) is 20.8. The zero-order valence-corrected chi connectivity index (χ0v) is 16.7. The van der Waals surface area contributed by atoms with E-state index < -0.39 is 18.5 Å². The fraction of sp³-hybridized carbons (Fsp3) is 0.190. The first-order chi connectivity index (χ1) is 14.0. The van der Waals surface area contributed by atoms with E-state index in [0.29, 0.717) is 5.02 Å². The van der Waals surface area contributed by atoms with Gasteiger partial charge in [0.05, 0.1) is 25.0 Å². The summed E-state index contributed by atoms with van der Waals surface area (Å²) in [5.41, 5.74) is 1.65. The van der Waals surface area contributed by atoms with Crippen molar-refractivity contribution in [2.75, 3.05) is 13.7 Å². The van der Waals surface area contributed by atoms with Crippen molar-refractivity contribution < 1.29 is 19.1 Å². The van der Waals surface area contributed by atoms with E-state index in [4.69, 9.17) is 21.1 Å². The molecular weight excluding hydrogens is 394 g/mol. The number of amides is 1. The number of methoxy groups -OCH3 is 1. The number of nitrogens with one attached hydrogen (secondary N) is 1. The van der Waals surface area contributed by atoms with Crippen LogP contribution in [0.15, 0.2) is 60.8 Å². The lowest BCUT2D eigenvalue weighted by Crippen LogP contribution is -2.31. The van der Waals surface area contributed by atoms with Crippen LogP contribution in [0.25, 0.3) is 5.69 Å². The first-order valence-corrected chi connectivity index (χ1v) is 9.26. The van der Waals surface area contributed by atoms with Crippen molar-refractivity contribution in [1.29, 1.82) is 0 Å². The van der Waals surface area contributed by atoms with Crippen molar-refractivity contribution in [2.45, 2.75) is 13.0 Å². The third kappa shape index (κ3) is 5.14. The molecule has 1 aromatic heterocycles. The van der Waals surface area contributed by atoms with Gasteiger partial charge in [0.25, 0.3) is 5.91 Å². The van der Waals surface area contributed by atoms with Gasteiger partial charge in [-0.15, -0.1) is 0 Å². The lowest BCUT2D eigenvalue weighted by molar-refractivity contribution is -0.124. The number of aromatic nitrogens is 2. The van der Waals surface area contributed by atoms with Crippen molar-refractivity contribution in [3.05, 3.63) is 77.1 Å². The average Bonchev–Trinajstić information content (AvgIpc) is 3.18. The van der Waals surface area contributed by atoms with E-state index in [0.717, 1.165) is 11.3 Å². The van der Waals surface area contributed by atoms with Crippen molar-refractivity contribution in [1.82, 2.24) is 15.1 Å². The number of rotatable bonds is 7. The Labute approximate surface area is 173 Å². The second-order valence-electron chi connectivity index (χ2n) is 6.24. The van der Waals surface area contributed by atoms with E-state index in [-0.39, 0.29) is 17.5 Å². The van der Waals surface area contributed by atoms with Gasteiger partial charge in [0, 0.05) is 5.02 Å². The van der Waals surface area contributed by atoms with Gasteiger partial charge in [-0.2, -0.15) is 5.10 Å². The lowest BCUT2D eigenvalue weighted by Gasteiger charge is -2.14. The molecule has 1 atom stereocenters. The smallest absolute Gasteiger partial charge is 0.363 e. The number of carbonyl (C=O) groups excluding carboxylic acids is 2. The minimum absolute atomic E-state index is 0.00472. The van der Waals surface area contributed by atoms with Gasteiger partial charge in [-0.3, -0.25) is 4.79 Å². The quantitative estimate of drug-likeness (QED) is 0.599. The largest absolute Gasteiger partial charge is 0.493 e. The number of hydrogen-bond donors (Lipinski definition) is 1. The molecule has 2 aromatic carbocycles. The SMILES string of the molecule is COc1cn(-c2ccccc2)nc1C(=O)OCC(=O)N[C@@H](C)c1ccc(Cl)cc1. The third-order valence-electron chi connectivity index (χ3n) is 4.20. The summed E-state index contributed by atoms with van der Waals surface area (Å²) in [5.74, 6) is -0.915. The highest BCUT2D eigenvalue weighted by Gasteiger charge is 2.21. The van der Waals surface area contributed by atoms with Gasteiger partial charge < -0.3 is 14.8 Å². The predicted molar refractivity (Wildman–Crippen MR) is 108 cm³/mol. The maximum atomic E-state index is 12.4. The summed E-state index contributed by atoms with van der Waals surface area (Å²) in [6.07, 6.45) is 1.58. The number of halogens is 1. The summed E-state index contributed by atoms with van der Waals surface area (Å²) in [6.45, 7) is 1.39. The molecule has 3 rings (SSSR count). The second kappa shape index (κ2) is 9.25. The van der Waals surface area contributed by atoms with Crippen LogP contribution in [0.5, 0.6) is 5.75 Å². The molecular formula is C21H20ClN3O4. The van der Waals surface area contributed by atoms with Crippen molar-refractivity contribution in [2.24, 2.45) is 0 Å². The average molecular weight is 414 g/mol. The Morgan fingerprint density at radius 3 is 2.48 bits per heavy atom. The van der Waals surface area contributed by atoms with Gasteiger partial charge in [-0.05, 0) is 36.8 Å². The van der Waals surface area contributed by atoms with Crippen LogP contribution < -0.4 is 10.1 Å². The van der Waals surface area contributed by atoms with Crippen LogP contribution in [0.3, 0.4) is 0 Å². The maximum absolute atomic E-state index is 12.4. The zero-order valence-electron chi connectivity index (χ0n) is 16.0. The van der Waals surface area contributed by atoms with Crippen molar-refractivity contribution in [3.8, 4) is 11.4 Å². The summed E-state index contributed by atoms with van der Waals surface area (Å²) in [7, 11) is 1.43. The second-order valence-corrected chi connectivity index (χ2v) is 6.68. The molecule has 0 aliphatic rings. The predicted octanol–water partition coefficient (Wildman–Crippen LogP) is 3.57. The normalized spacial score (nSPS) is 11.6. The van der Waals surface area contributed by atoms with E-state index in [1.54, 1.807) is 18.3 Å². The number of ether oxygens (including phenoxy) is 2. The standard InChI is InChI=1S/C21H20ClN3O4/c1-14(15-8-10-16(22)11-9-15)23-19(26)13-29-21(27)20-18(28-2)12-25(24-20)17-6-4-3-5-7-17/h3-12,14H,13H2,1-2H3,(H,23,26)/t14-/m0/s1. The molecule has 1 heterocycles. The van der Waals surface area contributed by atoms with Crippen LogP contribution >= 0.6 is 11.6 Å². The third-order valence-corrected chi connectivity index (χ3v) is 4.45. The molecule has 0 saturated carbocycles. The van der Waals surface area contributed by atoms with E-state index in [9.17, 15) is 9.59 Å². The molecule has 1 amide bonds. The van der Waals surface area contributed by atoms with Gasteiger partial charge in [-0.1, -0.05) is 41.9 Å². The van der Waals surface area contributed by atoms with Crippen LogP contribution in [-0.2, 0) is 9.53 Å². The monoisotopic (exact) mass is 413 g/mol. The summed E-state index contributed by atoms with van der Waals surface area (Å²) < 4.78 is 11.8. The first kappa shape index (κ1) is 20.4. The van der Waals surface area contributed by atoms with E-state index in [1.165, 1.54) is 11.8 Å². The van der Waals surface area contributed by atoms with Gasteiger partial charge in [0.15, 0.2) is 12.4 Å². The van der Waals surface area contributed by atoms with E-state index in [1.807, 2.05) is 49.4 Å². The Kier molecular flexibility index (Phi) is 6.51. The van der Waals surface area contributed by atoms with Crippen LogP contribution in [0.2, 0.25) is 5.02 Å². The van der Waals surface area contributed by atoms with Crippen LogP contribution in [0.1, 0.15) is 29.0 Å². The lowest BCUT2D eigenvalue weighted by atomic mass is 10.1. The maximum Gasteiger partial charge on any atom is 0.363 e. The molecule has 0 bridgehead atoms. The molecule has 1 N–H and O–H groups in total. The Balaban J connectivity index is 1.61. The van der Waals surface area contributed by atoms with Crippen LogP contribution in [0, 0.1) is 0 Å². The number of benzene rings is 2. The molecule has 0 aliphatic carbocycles. The molecule has 8 heteroatoms. The van der Waals surface area contributed by atoms with E-state index in [2.05, 4.69) is 10.4 Å². The molecule has 0 aliphatic heterocycles. The van der Waals surface area contributed by atoms with Crippen LogP contribution in [0.4, 0.5) is 0 Å². The number of para-hydroxylation sites is 1. The minimum atomic E-state index is -0.745. The topological polar surface area (TPSA) is 82.5 Å². The Morgan fingerprint density at radius 1 is 1.14 bits per heavy atom.